The van der Waals surface area contributed by atoms with E-state index >= 15 is 0 Å². The number of aromatic nitrogens is 3. The Morgan fingerprint density at radius 3 is 2.61 bits per heavy atom. The number of nitrogens with zero attached hydrogens (tertiary/aromatic N) is 3. The number of hydrogen-bond donors (Lipinski definition) is 3. The fourth-order valence-corrected chi connectivity index (χ4v) is 3.02. The van der Waals surface area contributed by atoms with Crippen molar-refractivity contribution in [3.8, 4) is 0 Å². The van der Waals surface area contributed by atoms with Gasteiger partial charge in [-0.15, -0.1) is 0 Å². The van der Waals surface area contributed by atoms with Gasteiger partial charge in [-0.25, -0.2) is 15.0 Å². The predicted octanol–water partition coefficient (Wildman–Crippen LogP) is 2.87. The molecule has 1 aliphatic carbocycles. The molecular weight excluding hydrogens is 290 g/mol. The Morgan fingerprint density at radius 1 is 1.17 bits per heavy atom. The molecule has 0 aromatic carbocycles. The van der Waals surface area contributed by atoms with Crippen molar-refractivity contribution in [3.05, 3.63) is 18.0 Å². The normalized spacial score (nSPS) is 21.6. The number of nitrogens with one attached hydrogen (secondary N) is 2. The third-order valence-corrected chi connectivity index (χ3v) is 4.15. The molecule has 0 atom stereocenters. The SMILES string of the molecule is Cc1cc2cnc(NC3CCC(O)CC3)nc2c(NC(C)C)n1. The molecule has 0 radical (unpaired) electrons. The fourth-order valence-electron chi connectivity index (χ4n) is 3.02. The van der Waals surface area contributed by atoms with Crippen molar-refractivity contribution in [2.24, 2.45) is 0 Å². The zero-order valence-corrected chi connectivity index (χ0v) is 14.0. The maximum absolute atomic E-state index is 9.61. The molecule has 6 nitrogen and oxygen atoms in total. The molecule has 0 amide bonds. The monoisotopic (exact) mass is 315 g/mol. The number of aliphatic hydroxyl groups excluding tert-OH is 1. The van der Waals surface area contributed by atoms with Crippen LogP contribution in [0, 0.1) is 6.92 Å². The van der Waals surface area contributed by atoms with E-state index in [9.17, 15) is 5.11 Å². The number of fused-ring (bicyclic) bond motifs is 1. The number of rotatable bonds is 4. The van der Waals surface area contributed by atoms with Gasteiger partial charge in [0.1, 0.15) is 5.52 Å². The summed E-state index contributed by atoms with van der Waals surface area (Å²) in [5, 5.41) is 17.4. The highest BCUT2D eigenvalue weighted by Gasteiger charge is 2.20. The first-order valence-electron chi connectivity index (χ1n) is 8.37. The molecule has 6 heteroatoms. The molecular formula is C17H25N5O. The Balaban J connectivity index is 1.86. The summed E-state index contributed by atoms with van der Waals surface area (Å²) in [6.45, 7) is 6.15. The first-order chi connectivity index (χ1) is 11.0. The molecule has 23 heavy (non-hydrogen) atoms. The van der Waals surface area contributed by atoms with Crippen molar-refractivity contribution >= 4 is 22.7 Å². The second kappa shape index (κ2) is 6.66. The fraction of sp³-hybridized carbons (Fsp3) is 0.588. The van der Waals surface area contributed by atoms with Crippen molar-refractivity contribution in [1.29, 1.82) is 0 Å². The van der Waals surface area contributed by atoms with Crippen LogP contribution in [0.25, 0.3) is 10.9 Å². The molecule has 124 valence electrons. The summed E-state index contributed by atoms with van der Waals surface area (Å²) >= 11 is 0. The van der Waals surface area contributed by atoms with Crippen LogP contribution in [0.5, 0.6) is 0 Å². The van der Waals surface area contributed by atoms with Crippen LogP contribution < -0.4 is 10.6 Å². The molecule has 3 rings (SSSR count). The van der Waals surface area contributed by atoms with E-state index in [4.69, 9.17) is 0 Å². The molecule has 2 aromatic heterocycles. The maximum Gasteiger partial charge on any atom is 0.223 e. The van der Waals surface area contributed by atoms with E-state index in [1.807, 2.05) is 19.2 Å². The Morgan fingerprint density at radius 2 is 1.91 bits per heavy atom. The molecule has 0 spiro atoms. The van der Waals surface area contributed by atoms with Gasteiger partial charge >= 0.3 is 0 Å². The number of aryl methyl sites for hydroxylation is 1. The summed E-state index contributed by atoms with van der Waals surface area (Å²) in [5.41, 5.74) is 1.80. The molecule has 1 saturated carbocycles. The highest BCUT2D eigenvalue weighted by Crippen LogP contribution is 2.24. The number of pyridine rings is 1. The molecule has 2 heterocycles. The maximum atomic E-state index is 9.61. The largest absolute Gasteiger partial charge is 0.393 e. The minimum Gasteiger partial charge on any atom is -0.393 e. The van der Waals surface area contributed by atoms with E-state index in [0.29, 0.717) is 18.0 Å². The Bertz CT molecular complexity index is 680. The van der Waals surface area contributed by atoms with E-state index in [-0.39, 0.29) is 6.10 Å². The zero-order chi connectivity index (χ0) is 16.4. The molecule has 0 aliphatic heterocycles. The first-order valence-corrected chi connectivity index (χ1v) is 8.37. The third-order valence-electron chi connectivity index (χ3n) is 4.15. The van der Waals surface area contributed by atoms with Crippen LogP contribution in [0.15, 0.2) is 12.3 Å². The molecule has 3 N–H and O–H groups in total. The second-order valence-electron chi connectivity index (χ2n) is 6.69. The van der Waals surface area contributed by atoms with Crippen molar-refractivity contribution < 1.29 is 5.11 Å². The predicted molar refractivity (Wildman–Crippen MR) is 92.7 cm³/mol. The van der Waals surface area contributed by atoms with Crippen LogP contribution in [-0.4, -0.2) is 38.2 Å². The summed E-state index contributed by atoms with van der Waals surface area (Å²) < 4.78 is 0. The lowest BCUT2D eigenvalue weighted by atomic mass is 9.93. The van der Waals surface area contributed by atoms with Gasteiger partial charge in [-0.1, -0.05) is 0 Å². The molecule has 0 saturated heterocycles. The first kappa shape index (κ1) is 15.9. The smallest absolute Gasteiger partial charge is 0.223 e. The lowest BCUT2D eigenvalue weighted by Crippen LogP contribution is -2.28. The highest BCUT2D eigenvalue weighted by molar-refractivity contribution is 5.88. The Hall–Kier alpha value is -1.95. The standard InChI is InChI=1S/C17H25N5O/c1-10(2)19-16-15-12(8-11(3)20-16)9-18-17(22-15)21-13-4-6-14(23)7-5-13/h8-10,13-14,23H,4-7H2,1-3H3,(H,19,20)(H,18,21,22). The van der Waals surface area contributed by atoms with E-state index in [1.54, 1.807) is 0 Å². The van der Waals surface area contributed by atoms with Crippen molar-refractivity contribution in [2.75, 3.05) is 10.6 Å². The minimum absolute atomic E-state index is 0.153. The lowest BCUT2D eigenvalue weighted by Gasteiger charge is -2.26. The van der Waals surface area contributed by atoms with Gasteiger partial charge in [0.2, 0.25) is 5.95 Å². The average molecular weight is 315 g/mol. The van der Waals surface area contributed by atoms with Gasteiger partial charge in [-0.2, -0.15) is 0 Å². The summed E-state index contributed by atoms with van der Waals surface area (Å²) in [5.74, 6) is 1.44. The van der Waals surface area contributed by atoms with Gasteiger partial charge < -0.3 is 15.7 Å². The van der Waals surface area contributed by atoms with Crippen LogP contribution in [-0.2, 0) is 0 Å². The summed E-state index contributed by atoms with van der Waals surface area (Å²) in [7, 11) is 0. The Labute approximate surface area is 136 Å². The van der Waals surface area contributed by atoms with E-state index < -0.39 is 0 Å². The second-order valence-corrected chi connectivity index (χ2v) is 6.69. The highest BCUT2D eigenvalue weighted by atomic mass is 16.3. The van der Waals surface area contributed by atoms with E-state index in [2.05, 4.69) is 39.4 Å². The van der Waals surface area contributed by atoms with Gasteiger partial charge in [0.15, 0.2) is 5.82 Å². The van der Waals surface area contributed by atoms with Crippen molar-refractivity contribution in [1.82, 2.24) is 15.0 Å². The van der Waals surface area contributed by atoms with E-state index in [0.717, 1.165) is 48.1 Å². The third kappa shape index (κ3) is 3.88. The topological polar surface area (TPSA) is 83.0 Å². The van der Waals surface area contributed by atoms with Crippen LogP contribution in [0.1, 0.15) is 45.2 Å². The summed E-state index contributed by atoms with van der Waals surface area (Å²) in [6.07, 6.45) is 5.28. The molecule has 0 unspecified atom stereocenters. The summed E-state index contributed by atoms with van der Waals surface area (Å²) in [6, 6.07) is 2.62. The lowest BCUT2D eigenvalue weighted by molar-refractivity contribution is 0.126. The van der Waals surface area contributed by atoms with Crippen LogP contribution in [0.3, 0.4) is 0 Å². The van der Waals surface area contributed by atoms with Gasteiger partial charge in [-0.05, 0) is 52.5 Å². The average Bonchev–Trinajstić information content (AvgIpc) is 2.49. The van der Waals surface area contributed by atoms with Crippen LogP contribution in [0.4, 0.5) is 11.8 Å². The Kier molecular flexibility index (Phi) is 4.61. The van der Waals surface area contributed by atoms with Crippen LogP contribution >= 0.6 is 0 Å². The molecule has 2 aromatic rings. The van der Waals surface area contributed by atoms with Gasteiger partial charge in [-0.3, -0.25) is 0 Å². The van der Waals surface area contributed by atoms with E-state index in [1.165, 1.54) is 0 Å². The van der Waals surface area contributed by atoms with Gasteiger partial charge in [0, 0.05) is 29.4 Å². The quantitative estimate of drug-likeness (QED) is 0.805. The summed E-state index contributed by atoms with van der Waals surface area (Å²) in [4.78, 5) is 13.7. The molecule has 0 bridgehead atoms. The van der Waals surface area contributed by atoms with Gasteiger partial charge in [0.05, 0.1) is 6.10 Å². The molecule has 1 fully saturated rings. The zero-order valence-electron chi connectivity index (χ0n) is 14.0. The number of hydrogen-bond acceptors (Lipinski definition) is 6. The van der Waals surface area contributed by atoms with Gasteiger partial charge in [0.25, 0.3) is 0 Å². The van der Waals surface area contributed by atoms with Crippen molar-refractivity contribution in [2.45, 2.75) is 64.6 Å². The number of anilines is 2. The van der Waals surface area contributed by atoms with Crippen molar-refractivity contribution in [3.63, 3.8) is 0 Å². The van der Waals surface area contributed by atoms with Crippen LogP contribution in [0.2, 0.25) is 0 Å². The number of aliphatic hydroxyl groups is 1. The molecule has 1 aliphatic rings. The minimum atomic E-state index is -0.153.